The lowest BCUT2D eigenvalue weighted by atomic mass is 9.71. The van der Waals surface area contributed by atoms with Crippen molar-refractivity contribution in [3.63, 3.8) is 0 Å². The summed E-state index contributed by atoms with van der Waals surface area (Å²) in [4.78, 5) is 12.5. The summed E-state index contributed by atoms with van der Waals surface area (Å²) in [5.74, 6) is 0.804. The number of carbonyl (C=O) groups excluding carboxylic acids is 1. The highest BCUT2D eigenvalue weighted by Gasteiger charge is 2.31. The summed E-state index contributed by atoms with van der Waals surface area (Å²) >= 11 is 0. The van der Waals surface area contributed by atoms with Crippen molar-refractivity contribution in [1.82, 2.24) is 4.90 Å². The fourth-order valence-electron chi connectivity index (χ4n) is 2.63. The Morgan fingerprint density at radius 1 is 1.36 bits per heavy atom. The monoisotopic (exact) mass is 197 g/mol. The molecule has 1 rings (SSSR count). The molecule has 1 heterocycles. The Bertz CT molecular complexity index is 181. The van der Waals surface area contributed by atoms with Crippen LogP contribution >= 0.6 is 0 Å². The van der Waals surface area contributed by atoms with Crippen molar-refractivity contribution in [3.8, 4) is 0 Å². The van der Waals surface area contributed by atoms with E-state index in [1.54, 1.807) is 0 Å². The minimum atomic E-state index is 0.462. The Balaban J connectivity index is 2.44. The highest BCUT2D eigenvalue weighted by Crippen LogP contribution is 2.38. The van der Waals surface area contributed by atoms with E-state index < -0.39 is 0 Å². The minimum absolute atomic E-state index is 0.462. The number of nitrogens with zero attached hydrogens (tertiary/aromatic N) is 1. The van der Waals surface area contributed by atoms with E-state index in [1.165, 1.54) is 25.7 Å². The second-order valence-electron chi connectivity index (χ2n) is 5.15. The normalized spacial score (nSPS) is 19.8. The van der Waals surface area contributed by atoms with E-state index >= 15 is 0 Å². The van der Waals surface area contributed by atoms with Gasteiger partial charge in [-0.05, 0) is 30.6 Å². The minimum Gasteiger partial charge on any atom is -0.345 e. The lowest BCUT2D eigenvalue weighted by molar-refractivity contribution is -0.120. The zero-order valence-electron chi connectivity index (χ0n) is 9.75. The maximum atomic E-state index is 10.6. The van der Waals surface area contributed by atoms with E-state index in [2.05, 4.69) is 20.8 Å². The number of rotatable bonds is 4. The van der Waals surface area contributed by atoms with Crippen LogP contribution in [-0.4, -0.2) is 24.4 Å². The SMILES string of the molecule is CCCC(C)(C)C1CCN(C=O)CC1. The van der Waals surface area contributed by atoms with Crippen molar-refractivity contribution in [2.24, 2.45) is 11.3 Å². The van der Waals surface area contributed by atoms with Crippen LogP contribution in [0.1, 0.15) is 46.5 Å². The third-order valence-corrected chi connectivity index (χ3v) is 3.68. The first-order valence-electron chi connectivity index (χ1n) is 5.79. The quantitative estimate of drug-likeness (QED) is 0.634. The highest BCUT2D eigenvalue weighted by atomic mass is 16.1. The van der Waals surface area contributed by atoms with E-state index in [1.807, 2.05) is 4.90 Å². The second kappa shape index (κ2) is 4.81. The molecule has 0 aromatic carbocycles. The molecule has 1 fully saturated rings. The van der Waals surface area contributed by atoms with Crippen LogP contribution in [-0.2, 0) is 4.79 Å². The molecule has 0 spiro atoms. The first-order chi connectivity index (χ1) is 6.60. The van der Waals surface area contributed by atoms with Gasteiger partial charge < -0.3 is 4.90 Å². The molecule has 0 radical (unpaired) electrons. The Morgan fingerprint density at radius 2 is 1.93 bits per heavy atom. The Hall–Kier alpha value is -0.530. The van der Waals surface area contributed by atoms with Crippen LogP contribution in [0.4, 0.5) is 0 Å². The average Bonchev–Trinajstić information content (AvgIpc) is 2.18. The summed E-state index contributed by atoms with van der Waals surface area (Å²) in [5, 5.41) is 0. The summed E-state index contributed by atoms with van der Waals surface area (Å²) < 4.78 is 0. The van der Waals surface area contributed by atoms with Gasteiger partial charge >= 0.3 is 0 Å². The van der Waals surface area contributed by atoms with Crippen LogP contribution in [0.2, 0.25) is 0 Å². The van der Waals surface area contributed by atoms with E-state index in [9.17, 15) is 4.79 Å². The molecule has 0 aliphatic carbocycles. The maximum absolute atomic E-state index is 10.6. The number of likely N-dealkylation sites (tertiary alicyclic amines) is 1. The fourth-order valence-corrected chi connectivity index (χ4v) is 2.63. The first kappa shape index (κ1) is 11.5. The molecule has 1 aliphatic heterocycles. The molecule has 0 bridgehead atoms. The van der Waals surface area contributed by atoms with Crippen molar-refractivity contribution in [2.45, 2.75) is 46.5 Å². The van der Waals surface area contributed by atoms with Gasteiger partial charge in [0, 0.05) is 13.1 Å². The molecular formula is C12H23NO. The average molecular weight is 197 g/mol. The summed E-state index contributed by atoms with van der Waals surface area (Å²) in [6, 6.07) is 0. The van der Waals surface area contributed by atoms with Crippen molar-refractivity contribution >= 4 is 6.41 Å². The van der Waals surface area contributed by atoms with E-state index in [0.29, 0.717) is 5.41 Å². The van der Waals surface area contributed by atoms with Gasteiger partial charge in [0.1, 0.15) is 0 Å². The van der Waals surface area contributed by atoms with Crippen LogP contribution in [0.5, 0.6) is 0 Å². The molecule has 82 valence electrons. The van der Waals surface area contributed by atoms with Gasteiger partial charge in [-0.3, -0.25) is 4.79 Å². The molecule has 0 saturated carbocycles. The molecule has 1 aliphatic rings. The predicted molar refractivity (Wildman–Crippen MR) is 59.1 cm³/mol. The second-order valence-corrected chi connectivity index (χ2v) is 5.15. The number of amides is 1. The summed E-state index contributed by atoms with van der Waals surface area (Å²) in [6.45, 7) is 8.92. The zero-order valence-corrected chi connectivity index (χ0v) is 9.75. The molecule has 2 heteroatoms. The first-order valence-corrected chi connectivity index (χ1v) is 5.79. The van der Waals surface area contributed by atoms with Crippen LogP contribution in [0.3, 0.4) is 0 Å². The Kier molecular flexibility index (Phi) is 3.97. The molecule has 2 nitrogen and oxygen atoms in total. The van der Waals surface area contributed by atoms with Gasteiger partial charge in [-0.1, -0.05) is 27.2 Å². The summed E-state index contributed by atoms with van der Waals surface area (Å²) in [5.41, 5.74) is 0.462. The van der Waals surface area contributed by atoms with Gasteiger partial charge in [0.15, 0.2) is 0 Å². The van der Waals surface area contributed by atoms with Crippen molar-refractivity contribution in [1.29, 1.82) is 0 Å². The largest absolute Gasteiger partial charge is 0.345 e. The van der Waals surface area contributed by atoms with Crippen molar-refractivity contribution in [3.05, 3.63) is 0 Å². The van der Waals surface area contributed by atoms with Crippen LogP contribution < -0.4 is 0 Å². The molecule has 0 N–H and O–H groups in total. The van der Waals surface area contributed by atoms with Crippen LogP contribution in [0.25, 0.3) is 0 Å². The molecule has 0 atom stereocenters. The molecule has 14 heavy (non-hydrogen) atoms. The van der Waals surface area contributed by atoms with Gasteiger partial charge in [-0.15, -0.1) is 0 Å². The Morgan fingerprint density at radius 3 is 2.36 bits per heavy atom. The standard InChI is InChI=1S/C12H23NO/c1-4-7-12(2,3)11-5-8-13(10-14)9-6-11/h10-11H,4-9H2,1-3H3. The third kappa shape index (κ3) is 2.73. The highest BCUT2D eigenvalue weighted by molar-refractivity contribution is 5.47. The zero-order chi connectivity index (χ0) is 10.6. The van der Waals surface area contributed by atoms with E-state index in [0.717, 1.165) is 25.4 Å². The topological polar surface area (TPSA) is 20.3 Å². The molecule has 1 saturated heterocycles. The lowest BCUT2D eigenvalue weighted by Crippen LogP contribution is -2.38. The van der Waals surface area contributed by atoms with Gasteiger partial charge in [0.2, 0.25) is 6.41 Å². The van der Waals surface area contributed by atoms with Crippen molar-refractivity contribution in [2.75, 3.05) is 13.1 Å². The van der Waals surface area contributed by atoms with Gasteiger partial charge in [0.05, 0.1) is 0 Å². The Labute approximate surface area is 87.7 Å². The molecular weight excluding hydrogens is 174 g/mol. The van der Waals surface area contributed by atoms with Gasteiger partial charge in [0.25, 0.3) is 0 Å². The lowest BCUT2D eigenvalue weighted by Gasteiger charge is -2.39. The van der Waals surface area contributed by atoms with Gasteiger partial charge in [-0.25, -0.2) is 0 Å². The van der Waals surface area contributed by atoms with E-state index in [-0.39, 0.29) is 0 Å². The predicted octanol–water partition coefficient (Wildman–Crippen LogP) is 2.68. The number of hydrogen-bond acceptors (Lipinski definition) is 1. The summed E-state index contributed by atoms with van der Waals surface area (Å²) in [6.07, 6.45) is 5.93. The van der Waals surface area contributed by atoms with E-state index in [4.69, 9.17) is 0 Å². The number of hydrogen-bond donors (Lipinski definition) is 0. The number of piperidine rings is 1. The molecule has 0 unspecified atom stereocenters. The fraction of sp³-hybridized carbons (Fsp3) is 0.917. The van der Waals surface area contributed by atoms with Gasteiger partial charge in [-0.2, -0.15) is 0 Å². The molecule has 1 amide bonds. The number of carbonyl (C=O) groups is 1. The molecule has 0 aromatic heterocycles. The van der Waals surface area contributed by atoms with Crippen molar-refractivity contribution < 1.29 is 4.79 Å². The summed E-state index contributed by atoms with van der Waals surface area (Å²) in [7, 11) is 0. The van der Waals surface area contributed by atoms with Crippen LogP contribution in [0.15, 0.2) is 0 Å². The van der Waals surface area contributed by atoms with Crippen LogP contribution in [0, 0.1) is 11.3 Å². The molecule has 0 aromatic rings. The maximum Gasteiger partial charge on any atom is 0.209 e. The smallest absolute Gasteiger partial charge is 0.209 e. The third-order valence-electron chi connectivity index (χ3n) is 3.68.